The van der Waals surface area contributed by atoms with E-state index in [0.717, 1.165) is 57.4 Å². The molecule has 1 aromatic rings. The second-order valence-electron chi connectivity index (χ2n) is 7.77. The standard InChI is InChI=1S/C23H40N4O2/c1-5-7-13-27(4)23(24-6-2)25-19-20-9-8-10-22(18-20)29-17-14-26(3)21-11-15-28-16-12-21/h8-10,18,21H,5-7,11-17,19H2,1-4H3,(H,24,25). The minimum absolute atomic E-state index is 0.613. The Hall–Kier alpha value is -1.79. The number of unbranched alkanes of at least 4 members (excludes halogenated alkanes) is 1. The van der Waals surface area contributed by atoms with E-state index in [2.05, 4.69) is 61.3 Å². The first-order valence-electron chi connectivity index (χ1n) is 11.1. The van der Waals surface area contributed by atoms with Crippen LogP contribution in [0.3, 0.4) is 0 Å². The van der Waals surface area contributed by atoms with Gasteiger partial charge in [0.05, 0.1) is 6.54 Å². The van der Waals surface area contributed by atoms with Crippen LogP contribution in [0, 0.1) is 0 Å². The fourth-order valence-electron chi connectivity index (χ4n) is 3.49. The highest BCUT2D eigenvalue weighted by molar-refractivity contribution is 5.79. The molecule has 0 radical (unpaired) electrons. The first-order valence-corrected chi connectivity index (χ1v) is 11.1. The predicted molar refractivity (Wildman–Crippen MR) is 121 cm³/mol. The van der Waals surface area contributed by atoms with Gasteiger partial charge in [-0.15, -0.1) is 0 Å². The van der Waals surface area contributed by atoms with Crippen molar-refractivity contribution in [3.05, 3.63) is 29.8 Å². The lowest BCUT2D eigenvalue weighted by Gasteiger charge is -2.31. The number of benzene rings is 1. The molecule has 0 unspecified atom stereocenters. The number of ether oxygens (including phenoxy) is 2. The van der Waals surface area contributed by atoms with Crippen molar-refractivity contribution in [2.45, 2.75) is 52.1 Å². The molecule has 0 atom stereocenters. The molecule has 0 saturated carbocycles. The zero-order chi connectivity index (χ0) is 20.9. The van der Waals surface area contributed by atoms with Gasteiger partial charge in [-0.2, -0.15) is 0 Å². The van der Waals surface area contributed by atoms with Crippen LogP contribution in [0.2, 0.25) is 0 Å². The molecule has 29 heavy (non-hydrogen) atoms. The van der Waals surface area contributed by atoms with E-state index in [1.807, 2.05) is 6.07 Å². The van der Waals surface area contributed by atoms with Gasteiger partial charge < -0.3 is 19.7 Å². The van der Waals surface area contributed by atoms with E-state index in [9.17, 15) is 0 Å². The summed E-state index contributed by atoms with van der Waals surface area (Å²) >= 11 is 0. The molecule has 1 aliphatic rings. The van der Waals surface area contributed by atoms with Gasteiger partial charge in [0.2, 0.25) is 0 Å². The molecule has 1 fully saturated rings. The lowest BCUT2D eigenvalue weighted by molar-refractivity contribution is 0.0392. The van der Waals surface area contributed by atoms with Crippen molar-refractivity contribution < 1.29 is 9.47 Å². The van der Waals surface area contributed by atoms with Crippen LogP contribution < -0.4 is 10.1 Å². The van der Waals surface area contributed by atoms with Gasteiger partial charge in [0.25, 0.3) is 0 Å². The van der Waals surface area contributed by atoms with Crippen molar-refractivity contribution in [2.75, 3.05) is 53.6 Å². The van der Waals surface area contributed by atoms with Crippen LogP contribution >= 0.6 is 0 Å². The van der Waals surface area contributed by atoms with Gasteiger partial charge in [-0.25, -0.2) is 4.99 Å². The molecular formula is C23H40N4O2. The Morgan fingerprint density at radius 1 is 1.21 bits per heavy atom. The first-order chi connectivity index (χ1) is 14.1. The lowest BCUT2D eigenvalue weighted by atomic mass is 10.1. The monoisotopic (exact) mass is 404 g/mol. The third-order valence-electron chi connectivity index (χ3n) is 5.38. The van der Waals surface area contributed by atoms with Gasteiger partial charge in [0.15, 0.2) is 5.96 Å². The van der Waals surface area contributed by atoms with Crippen molar-refractivity contribution in [3.8, 4) is 5.75 Å². The third kappa shape index (κ3) is 8.62. The van der Waals surface area contributed by atoms with E-state index in [0.29, 0.717) is 19.2 Å². The number of rotatable bonds is 11. The zero-order valence-electron chi connectivity index (χ0n) is 18.8. The zero-order valence-corrected chi connectivity index (χ0v) is 18.8. The summed E-state index contributed by atoms with van der Waals surface area (Å²) in [5.74, 6) is 1.88. The highest BCUT2D eigenvalue weighted by Gasteiger charge is 2.17. The van der Waals surface area contributed by atoms with Crippen molar-refractivity contribution >= 4 is 5.96 Å². The van der Waals surface area contributed by atoms with Gasteiger partial charge in [-0.1, -0.05) is 25.5 Å². The molecule has 0 amide bonds. The Bertz CT molecular complexity index is 602. The Balaban J connectivity index is 1.84. The average molecular weight is 405 g/mol. The van der Waals surface area contributed by atoms with Crippen LogP contribution in [0.25, 0.3) is 0 Å². The summed E-state index contributed by atoms with van der Waals surface area (Å²) in [6, 6.07) is 8.91. The van der Waals surface area contributed by atoms with Crippen molar-refractivity contribution in [1.82, 2.24) is 15.1 Å². The molecule has 1 saturated heterocycles. The van der Waals surface area contributed by atoms with Crippen molar-refractivity contribution in [3.63, 3.8) is 0 Å². The Morgan fingerprint density at radius 3 is 2.72 bits per heavy atom. The molecule has 0 aliphatic carbocycles. The predicted octanol–water partition coefficient (Wildman–Crippen LogP) is 3.37. The maximum atomic E-state index is 6.02. The molecule has 1 aromatic carbocycles. The van der Waals surface area contributed by atoms with E-state index in [1.165, 1.54) is 18.4 Å². The highest BCUT2D eigenvalue weighted by atomic mass is 16.5. The van der Waals surface area contributed by atoms with Gasteiger partial charge >= 0.3 is 0 Å². The summed E-state index contributed by atoms with van der Waals surface area (Å²) in [6.07, 6.45) is 4.59. The number of aliphatic imine (C=N–C) groups is 1. The van der Waals surface area contributed by atoms with E-state index in [4.69, 9.17) is 14.5 Å². The largest absolute Gasteiger partial charge is 0.492 e. The first kappa shape index (κ1) is 23.5. The molecule has 0 bridgehead atoms. The molecule has 0 aromatic heterocycles. The summed E-state index contributed by atoms with van der Waals surface area (Å²) in [4.78, 5) is 9.41. The Labute approximate surface area is 177 Å². The van der Waals surface area contributed by atoms with Gasteiger partial charge in [-0.05, 0) is 50.9 Å². The van der Waals surface area contributed by atoms with E-state index >= 15 is 0 Å². The van der Waals surface area contributed by atoms with Crippen LogP contribution in [0.15, 0.2) is 29.3 Å². The Kier molecular flexibility index (Phi) is 10.9. The number of likely N-dealkylation sites (N-methyl/N-ethyl adjacent to an activating group) is 1. The maximum Gasteiger partial charge on any atom is 0.193 e. The summed E-state index contributed by atoms with van der Waals surface area (Å²) in [6.45, 7) is 10.2. The molecule has 6 heteroatoms. The van der Waals surface area contributed by atoms with Gasteiger partial charge in [-0.3, -0.25) is 4.90 Å². The number of hydrogen-bond acceptors (Lipinski definition) is 4. The summed E-state index contributed by atoms with van der Waals surface area (Å²) in [5, 5.41) is 3.38. The average Bonchev–Trinajstić information content (AvgIpc) is 2.75. The highest BCUT2D eigenvalue weighted by Crippen LogP contribution is 2.16. The summed E-state index contributed by atoms with van der Waals surface area (Å²) in [7, 11) is 4.29. The fourth-order valence-corrected chi connectivity index (χ4v) is 3.49. The van der Waals surface area contributed by atoms with E-state index in [1.54, 1.807) is 0 Å². The van der Waals surface area contributed by atoms with E-state index in [-0.39, 0.29) is 0 Å². The van der Waals surface area contributed by atoms with Crippen molar-refractivity contribution in [1.29, 1.82) is 0 Å². The lowest BCUT2D eigenvalue weighted by Crippen LogP contribution is -2.39. The van der Waals surface area contributed by atoms with E-state index < -0.39 is 0 Å². The Morgan fingerprint density at radius 2 is 2.00 bits per heavy atom. The van der Waals surface area contributed by atoms with Crippen LogP contribution in [-0.2, 0) is 11.3 Å². The molecule has 0 spiro atoms. The normalized spacial score (nSPS) is 15.6. The third-order valence-corrected chi connectivity index (χ3v) is 5.38. The molecule has 6 nitrogen and oxygen atoms in total. The summed E-state index contributed by atoms with van der Waals surface area (Å²) in [5.41, 5.74) is 1.17. The smallest absolute Gasteiger partial charge is 0.193 e. The molecule has 1 heterocycles. The summed E-state index contributed by atoms with van der Waals surface area (Å²) < 4.78 is 11.5. The topological polar surface area (TPSA) is 49.3 Å². The van der Waals surface area contributed by atoms with Gasteiger partial charge in [0, 0.05) is 45.9 Å². The molecule has 1 aliphatic heterocycles. The second kappa shape index (κ2) is 13.4. The van der Waals surface area contributed by atoms with Crippen LogP contribution in [0.5, 0.6) is 5.75 Å². The molecule has 2 rings (SSSR count). The van der Waals surface area contributed by atoms with Crippen molar-refractivity contribution in [2.24, 2.45) is 4.99 Å². The van der Waals surface area contributed by atoms with Crippen LogP contribution in [0.4, 0.5) is 0 Å². The number of guanidine groups is 1. The quantitative estimate of drug-likeness (QED) is 0.453. The SMILES string of the molecule is CCCCN(C)C(=NCc1cccc(OCCN(C)C2CCOCC2)c1)NCC. The molecule has 1 N–H and O–H groups in total. The second-order valence-corrected chi connectivity index (χ2v) is 7.77. The number of nitrogens with zero attached hydrogens (tertiary/aromatic N) is 3. The van der Waals surface area contributed by atoms with Crippen LogP contribution in [0.1, 0.15) is 45.1 Å². The number of nitrogens with one attached hydrogen (secondary N) is 1. The van der Waals surface area contributed by atoms with Gasteiger partial charge in [0.1, 0.15) is 12.4 Å². The van der Waals surface area contributed by atoms with Crippen LogP contribution in [-0.4, -0.2) is 75.4 Å². The number of hydrogen-bond donors (Lipinski definition) is 1. The fraction of sp³-hybridized carbons (Fsp3) is 0.696. The maximum absolute atomic E-state index is 6.02. The minimum Gasteiger partial charge on any atom is -0.492 e. The molecular weight excluding hydrogens is 364 g/mol. The molecule has 164 valence electrons. The minimum atomic E-state index is 0.613.